The van der Waals surface area contributed by atoms with Gasteiger partial charge in [-0.3, -0.25) is 4.79 Å². The summed E-state index contributed by atoms with van der Waals surface area (Å²) < 4.78 is 0. The van der Waals surface area contributed by atoms with Crippen LogP contribution in [0.5, 0.6) is 0 Å². The molecule has 0 bridgehead atoms. The summed E-state index contributed by atoms with van der Waals surface area (Å²) in [5.41, 5.74) is 1.27. The molecule has 0 spiro atoms. The van der Waals surface area contributed by atoms with Crippen LogP contribution in [0.1, 0.15) is 44.5 Å². The van der Waals surface area contributed by atoms with Crippen LogP contribution < -0.4 is 16.0 Å². The van der Waals surface area contributed by atoms with Crippen molar-refractivity contribution in [2.24, 2.45) is 5.92 Å². The van der Waals surface area contributed by atoms with Gasteiger partial charge in [0, 0.05) is 36.4 Å². The first-order valence-corrected chi connectivity index (χ1v) is 9.05. The van der Waals surface area contributed by atoms with E-state index in [0.29, 0.717) is 29.8 Å². The van der Waals surface area contributed by atoms with Crippen molar-refractivity contribution in [1.29, 1.82) is 0 Å². The number of likely N-dealkylation sites (tertiary alicyclic amines) is 1. The maximum atomic E-state index is 12.3. The van der Waals surface area contributed by atoms with Crippen LogP contribution in [-0.4, -0.2) is 48.6 Å². The second-order valence-corrected chi connectivity index (χ2v) is 7.28. The lowest BCUT2D eigenvalue weighted by molar-refractivity contribution is 0.0947. The molecule has 0 aromatic heterocycles. The molecule has 1 unspecified atom stereocenters. The largest absolute Gasteiger partial charge is 0.352 e. The summed E-state index contributed by atoms with van der Waals surface area (Å²) in [6.07, 6.45) is 1.13. The molecule has 1 aromatic carbocycles. The van der Waals surface area contributed by atoms with Crippen molar-refractivity contribution in [3.8, 4) is 0 Å². The van der Waals surface area contributed by atoms with Crippen molar-refractivity contribution < 1.29 is 9.59 Å². The highest BCUT2D eigenvalue weighted by Gasteiger charge is 2.24. The molecule has 3 amide bonds. The highest BCUT2D eigenvalue weighted by atomic mass is 16.2. The third kappa shape index (κ3) is 6.05. The summed E-state index contributed by atoms with van der Waals surface area (Å²) in [5.74, 6) is 0.452. The number of anilines is 1. The molecule has 25 heavy (non-hydrogen) atoms. The standard InChI is InChI=1S/C19H30N4O2/c1-13(2)21-19(25)22-17-7-5-16(6-8-17)18(24)20-11-15-9-10-23(12-15)14(3)4/h5-8,13-15H,9-12H2,1-4H3,(H,20,24)(H2,21,22,25). The van der Waals surface area contributed by atoms with Gasteiger partial charge < -0.3 is 20.9 Å². The third-order valence-electron chi connectivity index (χ3n) is 4.42. The molecular weight excluding hydrogens is 316 g/mol. The molecule has 2 rings (SSSR count). The number of nitrogens with one attached hydrogen (secondary N) is 3. The van der Waals surface area contributed by atoms with Crippen LogP contribution in [-0.2, 0) is 0 Å². The molecule has 3 N–H and O–H groups in total. The predicted molar refractivity (Wildman–Crippen MR) is 101 cm³/mol. The lowest BCUT2D eigenvalue weighted by Gasteiger charge is -2.20. The van der Waals surface area contributed by atoms with Gasteiger partial charge in [0.05, 0.1) is 0 Å². The lowest BCUT2D eigenvalue weighted by atomic mass is 10.1. The Morgan fingerprint density at radius 1 is 1.16 bits per heavy atom. The minimum Gasteiger partial charge on any atom is -0.352 e. The van der Waals surface area contributed by atoms with E-state index in [1.165, 1.54) is 0 Å². The Morgan fingerprint density at radius 2 is 1.84 bits per heavy atom. The number of amides is 3. The zero-order chi connectivity index (χ0) is 18.4. The van der Waals surface area contributed by atoms with Crippen LogP contribution in [0.3, 0.4) is 0 Å². The molecule has 1 aliphatic heterocycles. The zero-order valence-electron chi connectivity index (χ0n) is 15.6. The Balaban J connectivity index is 1.79. The Kier molecular flexibility index (Phi) is 6.82. The van der Waals surface area contributed by atoms with Gasteiger partial charge >= 0.3 is 6.03 Å². The highest BCUT2D eigenvalue weighted by Crippen LogP contribution is 2.18. The molecule has 0 aliphatic carbocycles. The van der Waals surface area contributed by atoms with Crippen molar-refractivity contribution in [1.82, 2.24) is 15.5 Å². The first kappa shape index (κ1) is 19.2. The van der Waals surface area contributed by atoms with Crippen LogP contribution in [0.25, 0.3) is 0 Å². The summed E-state index contributed by atoms with van der Waals surface area (Å²) in [6, 6.07) is 7.34. The maximum absolute atomic E-state index is 12.3. The smallest absolute Gasteiger partial charge is 0.319 e. The molecule has 6 heteroatoms. The van der Waals surface area contributed by atoms with E-state index in [4.69, 9.17) is 0 Å². The molecule has 0 radical (unpaired) electrons. The highest BCUT2D eigenvalue weighted by molar-refractivity contribution is 5.95. The topological polar surface area (TPSA) is 73.5 Å². The van der Waals surface area contributed by atoms with Crippen molar-refractivity contribution in [2.75, 3.05) is 25.0 Å². The normalized spacial score (nSPS) is 17.8. The van der Waals surface area contributed by atoms with Gasteiger partial charge in [-0.2, -0.15) is 0 Å². The maximum Gasteiger partial charge on any atom is 0.319 e. The van der Waals surface area contributed by atoms with E-state index in [1.807, 2.05) is 13.8 Å². The molecule has 138 valence electrons. The molecule has 0 saturated carbocycles. The molecular formula is C19H30N4O2. The molecule has 6 nitrogen and oxygen atoms in total. The minimum atomic E-state index is -0.247. The van der Waals surface area contributed by atoms with E-state index in [-0.39, 0.29) is 18.0 Å². The van der Waals surface area contributed by atoms with E-state index in [1.54, 1.807) is 24.3 Å². The second-order valence-electron chi connectivity index (χ2n) is 7.28. The van der Waals surface area contributed by atoms with Gasteiger partial charge in [0.1, 0.15) is 0 Å². The van der Waals surface area contributed by atoms with Gasteiger partial charge in [0.15, 0.2) is 0 Å². The van der Waals surface area contributed by atoms with Crippen molar-refractivity contribution in [3.63, 3.8) is 0 Å². The molecule has 1 heterocycles. The fourth-order valence-corrected chi connectivity index (χ4v) is 2.97. The fraction of sp³-hybridized carbons (Fsp3) is 0.579. The summed E-state index contributed by atoms with van der Waals surface area (Å²) in [4.78, 5) is 26.4. The van der Waals surface area contributed by atoms with Crippen LogP contribution in [0.15, 0.2) is 24.3 Å². The first-order chi connectivity index (χ1) is 11.8. The Hall–Kier alpha value is -2.08. The number of hydrogen-bond acceptors (Lipinski definition) is 3. The number of rotatable bonds is 6. The fourth-order valence-electron chi connectivity index (χ4n) is 2.97. The predicted octanol–water partition coefficient (Wildman–Crippen LogP) is 2.68. The van der Waals surface area contributed by atoms with Gasteiger partial charge in [-0.15, -0.1) is 0 Å². The number of benzene rings is 1. The summed E-state index contributed by atoms with van der Waals surface area (Å²) >= 11 is 0. The third-order valence-corrected chi connectivity index (χ3v) is 4.42. The van der Waals surface area contributed by atoms with E-state index in [0.717, 1.165) is 19.5 Å². The number of carbonyl (C=O) groups excluding carboxylic acids is 2. The van der Waals surface area contributed by atoms with E-state index in [9.17, 15) is 9.59 Å². The number of carbonyl (C=O) groups is 2. The van der Waals surface area contributed by atoms with Crippen LogP contribution in [0.4, 0.5) is 10.5 Å². The SMILES string of the molecule is CC(C)NC(=O)Nc1ccc(C(=O)NCC2CCN(C(C)C)C2)cc1. The second kappa shape index (κ2) is 8.85. The quantitative estimate of drug-likeness (QED) is 0.741. The summed E-state index contributed by atoms with van der Waals surface area (Å²) in [6.45, 7) is 11.1. The Bertz CT molecular complexity index is 584. The lowest BCUT2D eigenvalue weighted by Crippen LogP contribution is -2.34. The van der Waals surface area contributed by atoms with Crippen LogP contribution in [0, 0.1) is 5.92 Å². The molecule has 1 aromatic rings. The number of hydrogen-bond donors (Lipinski definition) is 3. The average molecular weight is 346 g/mol. The van der Waals surface area contributed by atoms with Gasteiger partial charge in [-0.05, 0) is 70.8 Å². The van der Waals surface area contributed by atoms with Gasteiger partial charge in [-0.25, -0.2) is 4.79 Å². The van der Waals surface area contributed by atoms with Crippen molar-refractivity contribution >= 4 is 17.6 Å². The van der Waals surface area contributed by atoms with Crippen molar-refractivity contribution in [2.45, 2.75) is 46.2 Å². The van der Waals surface area contributed by atoms with Gasteiger partial charge in [-0.1, -0.05) is 0 Å². The van der Waals surface area contributed by atoms with Gasteiger partial charge in [0.25, 0.3) is 5.91 Å². The van der Waals surface area contributed by atoms with Crippen LogP contribution >= 0.6 is 0 Å². The van der Waals surface area contributed by atoms with Gasteiger partial charge in [0.2, 0.25) is 0 Å². The summed E-state index contributed by atoms with van der Waals surface area (Å²) in [7, 11) is 0. The van der Waals surface area contributed by atoms with E-state index >= 15 is 0 Å². The minimum absolute atomic E-state index is 0.0684. The number of nitrogens with zero attached hydrogens (tertiary/aromatic N) is 1. The first-order valence-electron chi connectivity index (χ1n) is 9.05. The molecule has 1 aliphatic rings. The molecule has 1 fully saturated rings. The van der Waals surface area contributed by atoms with E-state index in [2.05, 4.69) is 34.7 Å². The summed E-state index contributed by atoms with van der Waals surface area (Å²) in [5, 5.41) is 8.52. The van der Waals surface area contributed by atoms with E-state index < -0.39 is 0 Å². The van der Waals surface area contributed by atoms with Crippen molar-refractivity contribution in [3.05, 3.63) is 29.8 Å². The van der Waals surface area contributed by atoms with Crippen LogP contribution in [0.2, 0.25) is 0 Å². The Morgan fingerprint density at radius 3 is 2.40 bits per heavy atom. The zero-order valence-corrected chi connectivity index (χ0v) is 15.6. The average Bonchev–Trinajstić information content (AvgIpc) is 3.01. The number of urea groups is 1. The Labute approximate surface area is 150 Å². The monoisotopic (exact) mass is 346 g/mol. The molecule has 1 saturated heterocycles. The molecule has 1 atom stereocenters.